The first-order chi connectivity index (χ1) is 11.0. The Hall–Kier alpha value is -2.14. The maximum absolute atomic E-state index is 5.34. The molecule has 4 heterocycles. The maximum atomic E-state index is 5.34. The highest BCUT2D eigenvalue weighted by molar-refractivity contribution is 5.87. The lowest BCUT2D eigenvalue weighted by Crippen LogP contribution is -2.14. The number of fused-ring (bicyclic) bond motifs is 1. The molecule has 120 valence electrons. The van der Waals surface area contributed by atoms with Crippen LogP contribution in [0.2, 0.25) is 0 Å². The Kier molecular flexibility index (Phi) is 3.27. The first-order valence-electron chi connectivity index (χ1n) is 8.15. The van der Waals surface area contributed by atoms with Crippen LogP contribution in [0.3, 0.4) is 0 Å². The zero-order valence-corrected chi connectivity index (χ0v) is 14.1. The summed E-state index contributed by atoms with van der Waals surface area (Å²) in [5, 5.41) is 5.33. The first kappa shape index (κ1) is 14.5. The largest absolute Gasteiger partial charge is 0.361 e. The normalized spacial score (nSPS) is 19.0. The second kappa shape index (κ2) is 5.20. The standard InChI is InChI=1S/C18H22N4O/c1-10-7-14-15(19-10)8-16(17-11(2)21-23-12(17)3)20-18(14)13-5-6-22(4)9-13/h7-8,13,19H,5-6,9H2,1-4H3. The predicted octanol–water partition coefficient (Wildman–Crippen LogP) is 3.56. The van der Waals surface area contributed by atoms with E-state index in [9.17, 15) is 0 Å². The molecule has 1 N–H and O–H groups in total. The molecule has 1 unspecified atom stereocenters. The smallest absolute Gasteiger partial charge is 0.143 e. The van der Waals surface area contributed by atoms with Crippen molar-refractivity contribution in [1.82, 2.24) is 20.0 Å². The summed E-state index contributed by atoms with van der Waals surface area (Å²) < 4.78 is 5.34. The van der Waals surface area contributed by atoms with Gasteiger partial charge in [0.05, 0.1) is 22.6 Å². The number of hydrogen-bond acceptors (Lipinski definition) is 4. The molecule has 0 saturated carbocycles. The van der Waals surface area contributed by atoms with Crippen molar-refractivity contribution in [1.29, 1.82) is 0 Å². The molecule has 4 rings (SSSR count). The maximum Gasteiger partial charge on any atom is 0.143 e. The van der Waals surface area contributed by atoms with Crippen LogP contribution in [0.5, 0.6) is 0 Å². The van der Waals surface area contributed by atoms with E-state index in [0.717, 1.165) is 47.7 Å². The molecule has 0 bridgehead atoms. The van der Waals surface area contributed by atoms with Gasteiger partial charge in [-0.1, -0.05) is 5.16 Å². The van der Waals surface area contributed by atoms with E-state index in [4.69, 9.17) is 9.51 Å². The van der Waals surface area contributed by atoms with Gasteiger partial charge >= 0.3 is 0 Å². The third kappa shape index (κ3) is 2.36. The molecule has 3 aromatic heterocycles. The lowest BCUT2D eigenvalue weighted by Gasteiger charge is -2.13. The van der Waals surface area contributed by atoms with Gasteiger partial charge in [0.25, 0.3) is 0 Å². The molecule has 1 saturated heterocycles. The number of H-pyrrole nitrogens is 1. The van der Waals surface area contributed by atoms with Crippen LogP contribution in [0, 0.1) is 20.8 Å². The van der Waals surface area contributed by atoms with Gasteiger partial charge in [0, 0.05) is 29.1 Å². The summed E-state index contributed by atoms with van der Waals surface area (Å²) >= 11 is 0. The third-order valence-corrected chi connectivity index (χ3v) is 4.85. The molecular weight excluding hydrogens is 288 g/mol. The SMILES string of the molecule is Cc1cc2c(C3CCN(C)C3)nc(-c3c(C)noc3C)cc2[nH]1. The fourth-order valence-corrected chi connectivity index (χ4v) is 3.74. The Bertz CT molecular complexity index is 857. The van der Waals surface area contributed by atoms with Crippen molar-refractivity contribution >= 4 is 10.9 Å². The van der Waals surface area contributed by atoms with Gasteiger partial charge in [-0.3, -0.25) is 4.98 Å². The fraction of sp³-hybridized carbons (Fsp3) is 0.444. The molecule has 1 aliphatic heterocycles. The molecule has 0 spiro atoms. The monoisotopic (exact) mass is 310 g/mol. The second-order valence-electron chi connectivity index (χ2n) is 6.75. The van der Waals surface area contributed by atoms with Crippen molar-refractivity contribution in [2.45, 2.75) is 33.1 Å². The summed E-state index contributed by atoms with van der Waals surface area (Å²) in [6.45, 7) is 8.22. The number of likely N-dealkylation sites (N-methyl/N-ethyl adjacent to an activating group) is 1. The van der Waals surface area contributed by atoms with Crippen LogP contribution in [0.25, 0.3) is 22.2 Å². The number of aromatic nitrogens is 3. The summed E-state index contributed by atoms with van der Waals surface area (Å²) in [5.41, 5.74) is 6.40. The fourth-order valence-electron chi connectivity index (χ4n) is 3.74. The van der Waals surface area contributed by atoms with Crippen molar-refractivity contribution in [2.24, 2.45) is 0 Å². The highest BCUT2D eigenvalue weighted by Crippen LogP contribution is 2.35. The zero-order chi connectivity index (χ0) is 16.1. The highest BCUT2D eigenvalue weighted by atomic mass is 16.5. The number of aryl methyl sites for hydroxylation is 3. The van der Waals surface area contributed by atoms with Crippen LogP contribution in [0.1, 0.15) is 35.2 Å². The minimum Gasteiger partial charge on any atom is -0.361 e. The summed E-state index contributed by atoms with van der Waals surface area (Å²) in [6, 6.07) is 4.34. The summed E-state index contributed by atoms with van der Waals surface area (Å²) in [5.74, 6) is 1.31. The Morgan fingerprint density at radius 2 is 2.09 bits per heavy atom. The van der Waals surface area contributed by atoms with Gasteiger partial charge in [0.1, 0.15) is 5.76 Å². The Morgan fingerprint density at radius 3 is 2.74 bits per heavy atom. The molecule has 0 aromatic carbocycles. The van der Waals surface area contributed by atoms with E-state index >= 15 is 0 Å². The summed E-state index contributed by atoms with van der Waals surface area (Å²) in [7, 11) is 2.18. The van der Waals surface area contributed by atoms with Crippen LogP contribution < -0.4 is 0 Å². The van der Waals surface area contributed by atoms with Crippen molar-refractivity contribution < 1.29 is 4.52 Å². The lowest BCUT2D eigenvalue weighted by molar-refractivity contribution is 0.393. The average molecular weight is 310 g/mol. The number of nitrogens with one attached hydrogen (secondary N) is 1. The lowest BCUT2D eigenvalue weighted by atomic mass is 9.99. The molecule has 23 heavy (non-hydrogen) atoms. The van der Waals surface area contributed by atoms with Crippen LogP contribution in [-0.4, -0.2) is 40.2 Å². The molecule has 0 aliphatic carbocycles. The molecule has 5 heteroatoms. The van der Waals surface area contributed by atoms with Crippen molar-refractivity contribution in [3.05, 3.63) is 35.0 Å². The highest BCUT2D eigenvalue weighted by Gasteiger charge is 2.26. The van der Waals surface area contributed by atoms with Crippen LogP contribution in [0.15, 0.2) is 16.7 Å². The van der Waals surface area contributed by atoms with Crippen molar-refractivity contribution in [3.63, 3.8) is 0 Å². The number of rotatable bonds is 2. The molecule has 1 fully saturated rings. The van der Waals surface area contributed by atoms with Gasteiger partial charge in [-0.2, -0.15) is 0 Å². The van der Waals surface area contributed by atoms with Crippen LogP contribution >= 0.6 is 0 Å². The Balaban J connectivity index is 1.93. The number of hydrogen-bond donors (Lipinski definition) is 1. The number of nitrogens with zero attached hydrogens (tertiary/aromatic N) is 3. The van der Waals surface area contributed by atoms with Crippen molar-refractivity contribution in [2.75, 3.05) is 20.1 Å². The summed E-state index contributed by atoms with van der Waals surface area (Å²) in [4.78, 5) is 10.9. The summed E-state index contributed by atoms with van der Waals surface area (Å²) in [6.07, 6.45) is 1.16. The Labute approximate surface area is 135 Å². The third-order valence-electron chi connectivity index (χ3n) is 4.85. The van der Waals surface area contributed by atoms with E-state index < -0.39 is 0 Å². The van der Waals surface area contributed by atoms with Gasteiger partial charge in [0.15, 0.2) is 0 Å². The van der Waals surface area contributed by atoms with E-state index in [2.05, 4.69) is 41.1 Å². The van der Waals surface area contributed by atoms with E-state index in [1.165, 1.54) is 16.8 Å². The second-order valence-corrected chi connectivity index (χ2v) is 6.75. The van der Waals surface area contributed by atoms with Gasteiger partial charge in [-0.05, 0) is 52.9 Å². The predicted molar refractivity (Wildman–Crippen MR) is 90.7 cm³/mol. The van der Waals surface area contributed by atoms with Gasteiger partial charge in [-0.25, -0.2) is 0 Å². The Morgan fingerprint density at radius 1 is 1.26 bits per heavy atom. The minimum absolute atomic E-state index is 0.484. The molecule has 1 atom stereocenters. The quantitative estimate of drug-likeness (QED) is 0.786. The number of pyridine rings is 1. The minimum atomic E-state index is 0.484. The molecule has 1 aliphatic rings. The van der Waals surface area contributed by atoms with Crippen molar-refractivity contribution in [3.8, 4) is 11.3 Å². The number of likely N-dealkylation sites (tertiary alicyclic amines) is 1. The zero-order valence-electron chi connectivity index (χ0n) is 14.1. The van der Waals surface area contributed by atoms with Gasteiger partial charge in [-0.15, -0.1) is 0 Å². The number of aromatic amines is 1. The molecular formula is C18H22N4O. The van der Waals surface area contributed by atoms with E-state index in [1.807, 2.05) is 13.8 Å². The first-order valence-corrected chi connectivity index (χ1v) is 8.15. The van der Waals surface area contributed by atoms with Crippen LogP contribution in [-0.2, 0) is 0 Å². The van der Waals surface area contributed by atoms with E-state index in [-0.39, 0.29) is 0 Å². The topological polar surface area (TPSA) is 58.0 Å². The molecule has 0 radical (unpaired) electrons. The molecule has 3 aromatic rings. The molecule has 0 amide bonds. The van der Waals surface area contributed by atoms with E-state index in [0.29, 0.717) is 5.92 Å². The van der Waals surface area contributed by atoms with Gasteiger partial charge in [0.2, 0.25) is 0 Å². The average Bonchev–Trinajstić information content (AvgIpc) is 3.17. The van der Waals surface area contributed by atoms with Crippen LogP contribution in [0.4, 0.5) is 0 Å². The van der Waals surface area contributed by atoms with E-state index in [1.54, 1.807) is 0 Å². The molecule has 5 nitrogen and oxygen atoms in total. The van der Waals surface area contributed by atoms with Gasteiger partial charge < -0.3 is 14.4 Å².